The Hall–Kier alpha value is -0.930. The van der Waals surface area contributed by atoms with Crippen LogP contribution in [-0.4, -0.2) is 12.6 Å². The van der Waals surface area contributed by atoms with E-state index in [0.717, 1.165) is 5.56 Å². The first-order chi connectivity index (χ1) is 6.63. The van der Waals surface area contributed by atoms with Crippen LogP contribution in [0.1, 0.15) is 25.5 Å². The summed E-state index contributed by atoms with van der Waals surface area (Å²) in [4.78, 5) is 0. The second-order valence-corrected chi connectivity index (χ2v) is 3.66. The molecule has 3 N–H and O–H groups in total. The lowest BCUT2D eigenvalue weighted by Crippen LogP contribution is -2.33. The fourth-order valence-electron chi connectivity index (χ4n) is 1.40. The van der Waals surface area contributed by atoms with Gasteiger partial charge in [-0.3, -0.25) is 0 Å². The van der Waals surface area contributed by atoms with E-state index in [4.69, 9.17) is 5.73 Å². The van der Waals surface area contributed by atoms with E-state index in [1.807, 2.05) is 0 Å². The van der Waals surface area contributed by atoms with E-state index in [1.54, 1.807) is 12.1 Å². The lowest BCUT2D eigenvalue weighted by atomic mass is 10.1. The molecule has 0 aliphatic carbocycles. The Kier molecular flexibility index (Phi) is 4.04. The maximum Gasteiger partial charge on any atom is 0.123 e. The van der Waals surface area contributed by atoms with Gasteiger partial charge in [-0.15, -0.1) is 0 Å². The maximum atomic E-state index is 12.7. The third kappa shape index (κ3) is 3.09. The predicted octanol–water partition coefficient (Wildman–Crippen LogP) is 1.82. The molecule has 1 aromatic rings. The normalized spacial score (nSPS) is 13.2. The minimum atomic E-state index is -0.214. The Morgan fingerprint density at radius 1 is 1.29 bits per heavy atom. The van der Waals surface area contributed by atoms with Gasteiger partial charge in [-0.2, -0.15) is 0 Å². The van der Waals surface area contributed by atoms with Crippen LogP contribution in [0.25, 0.3) is 0 Å². The standard InChI is InChI=1S/C11H17FN2/c1-8(2)14-11(7-13)9-3-5-10(12)6-4-9/h3-6,8,11,14H,7,13H2,1-2H3. The lowest BCUT2D eigenvalue weighted by molar-refractivity contribution is 0.483. The van der Waals surface area contributed by atoms with Crippen LogP contribution in [0.4, 0.5) is 4.39 Å². The van der Waals surface area contributed by atoms with Crippen LogP contribution in [0.5, 0.6) is 0 Å². The maximum absolute atomic E-state index is 12.7. The Morgan fingerprint density at radius 3 is 2.29 bits per heavy atom. The van der Waals surface area contributed by atoms with Gasteiger partial charge in [0.1, 0.15) is 5.82 Å². The van der Waals surface area contributed by atoms with Gasteiger partial charge in [0.25, 0.3) is 0 Å². The second-order valence-electron chi connectivity index (χ2n) is 3.66. The van der Waals surface area contributed by atoms with Crippen molar-refractivity contribution < 1.29 is 4.39 Å². The Balaban J connectivity index is 2.73. The fraction of sp³-hybridized carbons (Fsp3) is 0.455. The second kappa shape index (κ2) is 5.08. The molecule has 0 aromatic heterocycles. The first-order valence-corrected chi connectivity index (χ1v) is 4.85. The molecule has 0 spiro atoms. The molecule has 1 unspecified atom stereocenters. The number of rotatable bonds is 4. The first kappa shape index (κ1) is 11.1. The summed E-state index contributed by atoms with van der Waals surface area (Å²) in [5, 5.41) is 3.32. The molecule has 1 rings (SSSR count). The van der Waals surface area contributed by atoms with E-state index in [1.165, 1.54) is 12.1 Å². The highest BCUT2D eigenvalue weighted by atomic mass is 19.1. The van der Waals surface area contributed by atoms with Gasteiger partial charge in [-0.1, -0.05) is 26.0 Å². The van der Waals surface area contributed by atoms with Crippen molar-refractivity contribution in [2.24, 2.45) is 5.73 Å². The summed E-state index contributed by atoms with van der Waals surface area (Å²) in [5.41, 5.74) is 6.67. The van der Waals surface area contributed by atoms with Gasteiger partial charge < -0.3 is 11.1 Å². The molecule has 0 saturated heterocycles. The predicted molar refractivity (Wildman–Crippen MR) is 56.5 cm³/mol. The summed E-state index contributed by atoms with van der Waals surface area (Å²) in [5.74, 6) is -0.214. The summed E-state index contributed by atoms with van der Waals surface area (Å²) in [7, 11) is 0. The highest BCUT2D eigenvalue weighted by Gasteiger charge is 2.09. The molecule has 1 atom stereocenters. The van der Waals surface area contributed by atoms with Gasteiger partial charge in [0.2, 0.25) is 0 Å². The van der Waals surface area contributed by atoms with Crippen molar-refractivity contribution in [3.05, 3.63) is 35.6 Å². The molecule has 78 valence electrons. The monoisotopic (exact) mass is 196 g/mol. The van der Waals surface area contributed by atoms with E-state index >= 15 is 0 Å². The van der Waals surface area contributed by atoms with E-state index < -0.39 is 0 Å². The summed E-state index contributed by atoms with van der Waals surface area (Å²) in [6.07, 6.45) is 0. The third-order valence-corrected chi connectivity index (χ3v) is 2.04. The van der Waals surface area contributed by atoms with Gasteiger partial charge in [-0.25, -0.2) is 4.39 Å². The van der Waals surface area contributed by atoms with Crippen molar-refractivity contribution in [1.29, 1.82) is 0 Å². The zero-order valence-electron chi connectivity index (χ0n) is 8.63. The van der Waals surface area contributed by atoms with E-state index in [2.05, 4.69) is 19.2 Å². The van der Waals surface area contributed by atoms with Crippen molar-refractivity contribution in [3.63, 3.8) is 0 Å². The van der Waals surface area contributed by atoms with Gasteiger partial charge in [-0.05, 0) is 17.7 Å². The molecule has 0 saturated carbocycles. The van der Waals surface area contributed by atoms with Gasteiger partial charge in [0.15, 0.2) is 0 Å². The summed E-state index contributed by atoms with van der Waals surface area (Å²) < 4.78 is 12.7. The van der Waals surface area contributed by atoms with E-state index in [9.17, 15) is 4.39 Å². The van der Waals surface area contributed by atoms with Crippen molar-refractivity contribution in [1.82, 2.24) is 5.32 Å². The van der Waals surface area contributed by atoms with Crippen LogP contribution >= 0.6 is 0 Å². The molecule has 1 aromatic carbocycles. The summed E-state index contributed by atoms with van der Waals surface area (Å²) >= 11 is 0. The van der Waals surface area contributed by atoms with Gasteiger partial charge in [0.05, 0.1) is 0 Å². The minimum absolute atomic E-state index is 0.107. The Labute approximate surface area is 84.3 Å². The van der Waals surface area contributed by atoms with Gasteiger partial charge in [0, 0.05) is 18.6 Å². The molecule has 14 heavy (non-hydrogen) atoms. The first-order valence-electron chi connectivity index (χ1n) is 4.85. The molecular weight excluding hydrogens is 179 g/mol. The Morgan fingerprint density at radius 2 is 1.86 bits per heavy atom. The van der Waals surface area contributed by atoms with Crippen LogP contribution in [-0.2, 0) is 0 Å². The molecule has 0 bridgehead atoms. The van der Waals surface area contributed by atoms with Crippen LogP contribution in [0.3, 0.4) is 0 Å². The van der Waals surface area contributed by atoms with Crippen LogP contribution in [0, 0.1) is 5.82 Å². The van der Waals surface area contributed by atoms with Crippen LogP contribution in [0.2, 0.25) is 0 Å². The van der Waals surface area contributed by atoms with Crippen molar-refractivity contribution in [2.75, 3.05) is 6.54 Å². The number of halogens is 1. The molecule has 0 aliphatic heterocycles. The average Bonchev–Trinajstić information content (AvgIpc) is 2.15. The topological polar surface area (TPSA) is 38.0 Å². The quantitative estimate of drug-likeness (QED) is 0.771. The molecule has 0 heterocycles. The van der Waals surface area contributed by atoms with Crippen molar-refractivity contribution >= 4 is 0 Å². The van der Waals surface area contributed by atoms with Crippen LogP contribution in [0.15, 0.2) is 24.3 Å². The fourth-order valence-corrected chi connectivity index (χ4v) is 1.40. The Bertz CT molecular complexity index is 269. The zero-order valence-corrected chi connectivity index (χ0v) is 8.63. The smallest absolute Gasteiger partial charge is 0.123 e. The minimum Gasteiger partial charge on any atom is -0.329 e. The zero-order chi connectivity index (χ0) is 10.6. The molecule has 0 aliphatic rings. The van der Waals surface area contributed by atoms with E-state index in [0.29, 0.717) is 12.6 Å². The number of hydrogen-bond donors (Lipinski definition) is 2. The molecule has 0 radical (unpaired) electrons. The number of nitrogens with one attached hydrogen (secondary N) is 1. The van der Waals surface area contributed by atoms with Crippen molar-refractivity contribution in [3.8, 4) is 0 Å². The number of nitrogens with two attached hydrogens (primary N) is 1. The molecular formula is C11H17FN2. The summed E-state index contributed by atoms with van der Waals surface area (Å²) in [6, 6.07) is 6.93. The molecule has 3 heteroatoms. The highest BCUT2D eigenvalue weighted by molar-refractivity contribution is 5.20. The molecule has 0 fully saturated rings. The van der Waals surface area contributed by atoms with Crippen LogP contribution < -0.4 is 11.1 Å². The number of hydrogen-bond acceptors (Lipinski definition) is 2. The van der Waals surface area contributed by atoms with Crippen molar-refractivity contribution in [2.45, 2.75) is 25.9 Å². The highest BCUT2D eigenvalue weighted by Crippen LogP contribution is 2.12. The third-order valence-electron chi connectivity index (χ3n) is 2.04. The van der Waals surface area contributed by atoms with Gasteiger partial charge >= 0.3 is 0 Å². The number of benzene rings is 1. The SMILES string of the molecule is CC(C)NC(CN)c1ccc(F)cc1. The largest absolute Gasteiger partial charge is 0.329 e. The molecule has 2 nitrogen and oxygen atoms in total. The average molecular weight is 196 g/mol. The lowest BCUT2D eigenvalue weighted by Gasteiger charge is -2.19. The summed E-state index contributed by atoms with van der Waals surface area (Å²) in [6.45, 7) is 4.64. The van der Waals surface area contributed by atoms with E-state index in [-0.39, 0.29) is 11.9 Å². The molecule has 0 amide bonds.